The van der Waals surface area contributed by atoms with Gasteiger partial charge in [-0.3, -0.25) is 0 Å². The standard InChI is InChI=1S/C49H27F9N4/c1-26-4-14-41-36(18-26)37-19-27(2)5-15-42(37)62(41)46-21-29(33-13-8-32(49(56,57)58)24-40(33)60-3)7-12-35(46)34-11-6-28(25-59)20-45(34)61-43-16-9-30(47(50,51)52)22-38(43)39-23-31(48(53,54)55)10-17-44(39)61/h4-24H,1-2H3. The summed E-state index contributed by atoms with van der Waals surface area (Å²) < 4.78 is 130. The van der Waals surface area contributed by atoms with E-state index in [-0.39, 0.29) is 44.3 Å². The molecule has 9 aromatic rings. The predicted octanol–water partition coefficient (Wildman–Crippen LogP) is 15.3. The number of benzene rings is 7. The van der Waals surface area contributed by atoms with Gasteiger partial charge in [0.05, 0.1) is 62.8 Å². The van der Waals surface area contributed by atoms with Crippen LogP contribution in [0.25, 0.3) is 82.1 Å². The third kappa shape index (κ3) is 6.57. The lowest BCUT2D eigenvalue weighted by Crippen LogP contribution is -2.05. The van der Waals surface area contributed by atoms with Gasteiger partial charge in [-0.05, 0) is 110 Å². The fourth-order valence-electron chi connectivity index (χ4n) is 8.32. The topological polar surface area (TPSA) is 38.0 Å². The SMILES string of the molecule is [C-]#[N+]c1cc(C(F)(F)F)ccc1-c1ccc(-c2ccc(C#N)cc2-n2c3ccc(C(F)(F)F)cc3c3cc(C(F)(F)F)ccc32)c(-n2c3ccc(C)cc3c3cc(C)ccc32)c1. The Morgan fingerprint density at radius 1 is 0.468 bits per heavy atom. The molecule has 0 N–H and O–H groups in total. The molecule has 2 heterocycles. The maximum absolute atomic E-state index is 14.1. The van der Waals surface area contributed by atoms with Crippen molar-refractivity contribution in [2.24, 2.45) is 0 Å². The van der Waals surface area contributed by atoms with E-state index in [0.717, 1.165) is 69.3 Å². The number of hydrogen-bond donors (Lipinski definition) is 0. The minimum Gasteiger partial charge on any atom is -0.309 e. The number of halogens is 9. The van der Waals surface area contributed by atoms with Gasteiger partial charge < -0.3 is 9.13 Å². The van der Waals surface area contributed by atoms with Crippen LogP contribution >= 0.6 is 0 Å². The molecule has 62 heavy (non-hydrogen) atoms. The van der Waals surface area contributed by atoms with Gasteiger partial charge in [0.1, 0.15) is 0 Å². The summed E-state index contributed by atoms with van der Waals surface area (Å²) in [4.78, 5) is 3.45. The number of aromatic nitrogens is 2. The Hall–Kier alpha value is -7.51. The van der Waals surface area contributed by atoms with Crippen molar-refractivity contribution in [2.75, 3.05) is 0 Å². The Morgan fingerprint density at radius 2 is 0.871 bits per heavy atom. The van der Waals surface area contributed by atoms with E-state index in [4.69, 9.17) is 6.57 Å². The van der Waals surface area contributed by atoms with E-state index in [2.05, 4.69) is 10.9 Å². The summed E-state index contributed by atoms with van der Waals surface area (Å²) in [5, 5.41) is 11.7. The van der Waals surface area contributed by atoms with E-state index in [1.807, 2.05) is 54.8 Å². The molecule has 306 valence electrons. The normalized spacial score (nSPS) is 12.4. The van der Waals surface area contributed by atoms with Crippen molar-refractivity contribution in [1.29, 1.82) is 5.26 Å². The summed E-state index contributed by atoms with van der Waals surface area (Å²) >= 11 is 0. The minimum absolute atomic E-state index is 0.105. The van der Waals surface area contributed by atoms with Crippen molar-refractivity contribution >= 4 is 49.3 Å². The highest BCUT2D eigenvalue weighted by molar-refractivity contribution is 6.12. The first-order valence-electron chi connectivity index (χ1n) is 18.9. The van der Waals surface area contributed by atoms with Gasteiger partial charge in [-0.1, -0.05) is 53.6 Å². The van der Waals surface area contributed by atoms with Crippen molar-refractivity contribution in [2.45, 2.75) is 32.4 Å². The van der Waals surface area contributed by atoms with Crippen molar-refractivity contribution < 1.29 is 39.5 Å². The molecule has 0 atom stereocenters. The molecule has 13 heteroatoms. The fourth-order valence-corrected chi connectivity index (χ4v) is 8.32. The summed E-state index contributed by atoms with van der Waals surface area (Å²) in [6, 6.07) is 32.3. The van der Waals surface area contributed by atoms with Crippen LogP contribution in [0.3, 0.4) is 0 Å². The highest BCUT2D eigenvalue weighted by Crippen LogP contribution is 2.46. The zero-order valence-corrected chi connectivity index (χ0v) is 32.3. The lowest BCUT2D eigenvalue weighted by atomic mass is 9.94. The molecule has 2 aromatic heterocycles. The monoisotopic (exact) mass is 842 g/mol. The average molecular weight is 843 g/mol. The largest absolute Gasteiger partial charge is 0.416 e. The van der Waals surface area contributed by atoms with Crippen molar-refractivity contribution in [3.8, 4) is 39.7 Å². The molecule has 0 unspecified atom stereocenters. The number of hydrogen-bond acceptors (Lipinski definition) is 1. The van der Waals surface area contributed by atoms with Gasteiger partial charge >= 0.3 is 18.5 Å². The molecule has 0 spiro atoms. The molecular formula is C49H27F9N4. The third-order valence-electron chi connectivity index (χ3n) is 11.1. The number of aryl methyl sites for hydroxylation is 2. The van der Waals surface area contributed by atoms with Gasteiger partial charge in [-0.2, -0.15) is 44.8 Å². The van der Waals surface area contributed by atoms with Crippen LogP contribution in [0.2, 0.25) is 0 Å². The lowest BCUT2D eigenvalue weighted by Gasteiger charge is -2.20. The highest BCUT2D eigenvalue weighted by Gasteiger charge is 2.34. The smallest absolute Gasteiger partial charge is 0.309 e. The van der Waals surface area contributed by atoms with Crippen LogP contribution in [0.5, 0.6) is 0 Å². The van der Waals surface area contributed by atoms with Crippen molar-refractivity contribution in [3.63, 3.8) is 0 Å². The van der Waals surface area contributed by atoms with Crippen molar-refractivity contribution in [1.82, 2.24) is 9.13 Å². The van der Waals surface area contributed by atoms with Crippen molar-refractivity contribution in [3.05, 3.63) is 172 Å². The first-order chi connectivity index (χ1) is 29.3. The molecule has 0 saturated heterocycles. The summed E-state index contributed by atoms with van der Waals surface area (Å²) in [7, 11) is 0. The van der Waals surface area contributed by atoms with Gasteiger partial charge in [0.2, 0.25) is 0 Å². The van der Waals surface area contributed by atoms with Crippen LogP contribution in [-0.2, 0) is 18.5 Å². The Labute approximate surface area is 346 Å². The Kier molecular flexibility index (Phi) is 9.03. The van der Waals surface area contributed by atoms with Crippen LogP contribution in [0.4, 0.5) is 45.2 Å². The maximum Gasteiger partial charge on any atom is 0.416 e. The number of alkyl halides is 9. The van der Waals surface area contributed by atoms with Gasteiger partial charge in [0.25, 0.3) is 0 Å². The predicted molar refractivity (Wildman–Crippen MR) is 221 cm³/mol. The van der Waals surface area contributed by atoms with E-state index in [9.17, 15) is 44.8 Å². The Morgan fingerprint density at radius 3 is 1.34 bits per heavy atom. The zero-order chi connectivity index (χ0) is 44.0. The molecule has 0 amide bonds. The molecular weight excluding hydrogens is 816 g/mol. The van der Waals surface area contributed by atoms with Gasteiger partial charge in [0.15, 0.2) is 5.69 Å². The molecule has 0 aliphatic heterocycles. The Balaban J connectivity index is 1.41. The van der Waals surface area contributed by atoms with E-state index >= 15 is 0 Å². The quantitative estimate of drug-likeness (QED) is 0.128. The minimum atomic E-state index is -4.81. The second-order valence-electron chi connectivity index (χ2n) is 15.1. The molecule has 0 radical (unpaired) electrons. The Bertz CT molecular complexity index is 3290. The van der Waals surface area contributed by atoms with Gasteiger partial charge in [0, 0.05) is 38.2 Å². The van der Waals surface area contributed by atoms with E-state index < -0.39 is 35.2 Å². The first kappa shape index (κ1) is 39.9. The zero-order valence-electron chi connectivity index (χ0n) is 32.3. The molecule has 0 aliphatic rings. The third-order valence-corrected chi connectivity index (χ3v) is 11.1. The maximum atomic E-state index is 14.1. The molecule has 0 saturated carbocycles. The van der Waals surface area contributed by atoms with Crippen LogP contribution < -0.4 is 0 Å². The second kappa shape index (κ2) is 14.0. The highest BCUT2D eigenvalue weighted by atomic mass is 19.4. The van der Waals surface area contributed by atoms with E-state index in [1.165, 1.54) is 28.8 Å². The molecule has 4 nitrogen and oxygen atoms in total. The van der Waals surface area contributed by atoms with Gasteiger partial charge in [-0.15, -0.1) is 0 Å². The second-order valence-corrected chi connectivity index (χ2v) is 15.1. The first-order valence-corrected chi connectivity index (χ1v) is 18.9. The van der Waals surface area contributed by atoms with Gasteiger partial charge in [-0.25, -0.2) is 4.85 Å². The van der Waals surface area contributed by atoms with E-state index in [1.54, 1.807) is 30.3 Å². The molecule has 0 aliphatic carbocycles. The summed E-state index contributed by atoms with van der Waals surface area (Å²) in [6.07, 6.45) is -14.3. The van der Waals surface area contributed by atoms with Crippen LogP contribution in [0.1, 0.15) is 33.4 Å². The number of nitriles is 1. The molecule has 9 rings (SSSR count). The summed E-state index contributed by atoms with van der Waals surface area (Å²) in [6.45, 7) is 11.7. The molecule has 0 bridgehead atoms. The number of fused-ring (bicyclic) bond motifs is 6. The van der Waals surface area contributed by atoms with E-state index in [0.29, 0.717) is 22.4 Å². The molecule has 0 fully saturated rings. The molecule has 7 aromatic carbocycles. The van der Waals surface area contributed by atoms with Crippen LogP contribution in [0, 0.1) is 31.8 Å². The average Bonchev–Trinajstić information content (AvgIpc) is 3.73. The lowest BCUT2D eigenvalue weighted by molar-refractivity contribution is -0.138. The summed E-state index contributed by atoms with van der Waals surface area (Å²) in [5.41, 5.74) is 2.74. The number of nitrogens with zero attached hydrogens (tertiary/aromatic N) is 4. The fraction of sp³-hybridized carbons (Fsp3) is 0.102. The van der Waals surface area contributed by atoms with Crippen LogP contribution in [-0.4, -0.2) is 9.13 Å². The van der Waals surface area contributed by atoms with Crippen LogP contribution in [0.15, 0.2) is 127 Å². The summed E-state index contributed by atoms with van der Waals surface area (Å²) in [5.74, 6) is 0. The number of rotatable bonds is 4.